The van der Waals surface area contributed by atoms with E-state index in [2.05, 4.69) is 5.32 Å². The second kappa shape index (κ2) is 9.90. The lowest BCUT2D eigenvalue weighted by Gasteiger charge is -2.34. The van der Waals surface area contributed by atoms with Gasteiger partial charge in [0.05, 0.1) is 18.7 Å². The number of anilines is 1. The zero-order valence-corrected chi connectivity index (χ0v) is 18.0. The van der Waals surface area contributed by atoms with Gasteiger partial charge in [-0.25, -0.2) is 18.9 Å². The van der Waals surface area contributed by atoms with Crippen molar-refractivity contribution in [1.82, 2.24) is 0 Å². The number of esters is 1. The van der Waals surface area contributed by atoms with Gasteiger partial charge in [0, 0.05) is 11.4 Å². The molecular formula is C21H28N5O4S+. The molecule has 4 amide bonds. The van der Waals surface area contributed by atoms with Gasteiger partial charge in [-0.2, -0.15) is 0 Å². The third kappa shape index (κ3) is 5.40. The molecule has 166 valence electrons. The van der Waals surface area contributed by atoms with E-state index >= 15 is 0 Å². The summed E-state index contributed by atoms with van der Waals surface area (Å²) in [5, 5.41) is 2.83. The van der Waals surface area contributed by atoms with E-state index in [1.165, 1.54) is 11.3 Å². The summed E-state index contributed by atoms with van der Waals surface area (Å²) in [6.45, 7) is 1.56. The predicted octanol–water partition coefficient (Wildman–Crippen LogP) is 2.47. The number of benzene rings is 1. The van der Waals surface area contributed by atoms with Gasteiger partial charge in [-0.05, 0) is 30.9 Å². The van der Waals surface area contributed by atoms with Gasteiger partial charge in [0.15, 0.2) is 6.10 Å². The van der Waals surface area contributed by atoms with Crippen molar-refractivity contribution in [2.45, 2.75) is 25.4 Å². The molecule has 0 bridgehead atoms. The van der Waals surface area contributed by atoms with Crippen molar-refractivity contribution in [1.29, 1.82) is 0 Å². The van der Waals surface area contributed by atoms with E-state index in [0.29, 0.717) is 31.1 Å². The van der Waals surface area contributed by atoms with Crippen LogP contribution in [0.25, 0.3) is 10.4 Å². The topological polar surface area (TPSA) is 151 Å². The van der Waals surface area contributed by atoms with Crippen LogP contribution in [0.15, 0.2) is 36.4 Å². The first-order chi connectivity index (χ1) is 14.8. The van der Waals surface area contributed by atoms with E-state index in [-0.39, 0.29) is 16.6 Å². The number of urea groups is 2. The molecule has 31 heavy (non-hydrogen) atoms. The fourth-order valence-corrected chi connectivity index (χ4v) is 4.98. The van der Waals surface area contributed by atoms with Crippen LogP contribution in [-0.4, -0.2) is 54.8 Å². The SMILES string of the molecule is NCC[N+]1(C(N)=O)CCCCC(OC(=O)c2cc(-c3ccccc3)sc2NC(N)=O)C1. The van der Waals surface area contributed by atoms with Crippen LogP contribution in [-0.2, 0) is 4.74 Å². The van der Waals surface area contributed by atoms with Crippen molar-refractivity contribution in [2.75, 3.05) is 31.5 Å². The van der Waals surface area contributed by atoms with Crippen molar-refractivity contribution in [3.63, 3.8) is 0 Å². The number of carbonyl (C=O) groups excluding carboxylic acids is 3. The van der Waals surface area contributed by atoms with Crippen LogP contribution in [0.2, 0.25) is 0 Å². The number of ether oxygens (including phenoxy) is 1. The number of nitrogens with one attached hydrogen (secondary N) is 1. The third-order valence-corrected chi connectivity index (χ3v) is 6.56. The molecule has 1 saturated heterocycles. The molecule has 1 aliphatic rings. The number of thiophene rings is 1. The maximum atomic E-state index is 13.1. The predicted molar refractivity (Wildman–Crippen MR) is 120 cm³/mol. The average molecular weight is 447 g/mol. The van der Waals surface area contributed by atoms with Crippen molar-refractivity contribution in [3.05, 3.63) is 42.0 Å². The number of hydrogen-bond donors (Lipinski definition) is 4. The number of nitrogens with two attached hydrogens (primary N) is 3. The Hall–Kier alpha value is -2.95. The number of carbonyl (C=O) groups is 3. The minimum atomic E-state index is -0.766. The summed E-state index contributed by atoms with van der Waals surface area (Å²) < 4.78 is 5.79. The molecular weight excluding hydrogens is 418 g/mol. The molecule has 0 aliphatic carbocycles. The maximum Gasteiger partial charge on any atom is 0.414 e. The lowest BCUT2D eigenvalue weighted by atomic mass is 10.1. The van der Waals surface area contributed by atoms with Crippen LogP contribution in [0.4, 0.5) is 14.6 Å². The molecule has 2 heterocycles. The molecule has 9 nitrogen and oxygen atoms in total. The Balaban J connectivity index is 1.85. The number of amides is 4. The lowest BCUT2D eigenvalue weighted by molar-refractivity contribution is -0.850. The van der Waals surface area contributed by atoms with Crippen LogP contribution in [0.3, 0.4) is 0 Å². The zero-order valence-electron chi connectivity index (χ0n) is 17.2. The molecule has 0 radical (unpaired) electrons. The van der Waals surface area contributed by atoms with Crippen molar-refractivity contribution in [2.24, 2.45) is 17.2 Å². The van der Waals surface area contributed by atoms with Crippen molar-refractivity contribution >= 4 is 34.4 Å². The fraction of sp³-hybridized carbons (Fsp3) is 0.381. The van der Waals surface area contributed by atoms with Gasteiger partial charge in [0.25, 0.3) is 0 Å². The first-order valence-corrected chi connectivity index (χ1v) is 11.0. The minimum Gasteiger partial charge on any atom is -0.453 e. The summed E-state index contributed by atoms with van der Waals surface area (Å²) >= 11 is 1.24. The van der Waals surface area contributed by atoms with Crippen LogP contribution < -0.4 is 22.5 Å². The van der Waals surface area contributed by atoms with E-state index in [4.69, 9.17) is 21.9 Å². The minimum absolute atomic E-state index is 0.000256. The van der Waals surface area contributed by atoms with Gasteiger partial charge in [-0.1, -0.05) is 30.3 Å². The van der Waals surface area contributed by atoms with E-state index in [1.54, 1.807) is 6.07 Å². The Bertz CT molecular complexity index is 949. The Morgan fingerprint density at radius 1 is 1.16 bits per heavy atom. The highest BCUT2D eigenvalue weighted by atomic mass is 32.1. The number of quaternary nitrogens is 1. The Morgan fingerprint density at radius 2 is 1.90 bits per heavy atom. The molecule has 1 fully saturated rings. The lowest BCUT2D eigenvalue weighted by Crippen LogP contribution is -2.60. The summed E-state index contributed by atoms with van der Waals surface area (Å²) in [7, 11) is 0. The molecule has 2 unspecified atom stereocenters. The molecule has 1 aromatic carbocycles. The second-order valence-electron chi connectivity index (χ2n) is 7.63. The van der Waals surface area contributed by atoms with Gasteiger partial charge in [-0.3, -0.25) is 5.32 Å². The number of likely N-dealkylation sites (tertiary alicyclic amines) is 1. The molecule has 0 saturated carbocycles. The quantitative estimate of drug-likeness (QED) is 0.397. The zero-order chi connectivity index (χ0) is 22.4. The van der Waals surface area contributed by atoms with Crippen LogP contribution in [0.1, 0.15) is 29.6 Å². The molecule has 2 atom stereocenters. The highest BCUT2D eigenvalue weighted by Gasteiger charge is 2.40. The summed E-state index contributed by atoms with van der Waals surface area (Å²) in [4.78, 5) is 37.5. The number of primary amides is 2. The van der Waals surface area contributed by atoms with Gasteiger partial charge in [-0.15, -0.1) is 11.3 Å². The van der Waals surface area contributed by atoms with E-state index in [1.807, 2.05) is 30.3 Å². The standard InChI is InChI=1S/C21H27N5O4S/c22-9-11-26(21(24)29)10-5-4-8-15(13-26)30-19(27)16-12-17(14-6-2-1-3-7-14)31-18(16)25-20(23)28/h1-3,6-7,12,15H,4-5,8-11,13,22H2,(H4-,23,24,25,27,28,29)/p+1. The van der Waals surface area contributed by atoms with Gasteiger partial charge >= 0.3 is 18.0 Å². The highest BCUT2D eigenvalue weighted by Crippen LogP contribution is 2.36. The summed E-state index contributed by atoms with van der Waals surface area (Å²) in [5.41, 5.74) is 17.8. The second-order valence-corrected chi connectivity index (χ2v) is 8.69. The van der Waals surface area contributed by atoms with E-state index in [9.17, 15) is 14.4 Å². The number of hydrogen-bond acceptors (Lipinski definition) is 6. The Labute approximate surface area is 184 Å². The molecule has 7 N–H and O–H groups in total. The summed E-state index contributed by atoms with van der Waals surface area (Å²) in [6, 6.07) is 9.93. The van der Waals surface area contributed by atoms with Gasteiger partial charge < -0.3 is 21.9 Å². The largest absolute Gasteiger partial charge is 0.453 e. The molecule has 2 aromatic rings. The Kier molecular flexibility index (Phi) is 7.26. The molecule has 3 rings (SSSR count). The molecule has 1 aliphatic heterocycles. The van der Waals surface area contributed by atoms with Crippen molar-refractivity contribution in [3.8, 4) is 10.4 Å². The molecule has 1 aromatic heterocycles. The molecule has 0 spiro atoms. The first-order valence-electron chi connectivity index (χ1n) is 10.2. The summed E-state index contributed by atoms with van der Waals surface area (Å²) in [6.07, 6.45) is 1.73. The van der Waals surface area contributed by atoms with Crippen molar-refractivity contribution < 1.29 is 23.6 Å². The van der Waals surface area contributed by atoms with Gasteiger partial charge in [0.2, 0.25) is 0 Å². The fourth-order valence-electron chi connectivity index (χ4n) is 3.92. The Morgan fingerprint density at radius 3 is 2.55 bits per heavy atom. The third-order valence-electron chi connectivity index (χ3n) is 5.46. The van der Waals surface area contributed by atoms with Crippen LogP contribution >= 0.6 is 11.3 Å². The van der Waals surface area contributed by atoms with E-state index < -0.39 is 24.1 Å². The number of nitrogens with zero attached hydrogens (tertiary/aromatic N) is 1. The highest BCUT2D eigenvalue weighted by molar-refractivity contribution is 7.20. The van der Waals surface area contributed by atoms with Crippen LogP contribution in [0, 0.1) is 0 Å². The number of rotatable bonds is 6. The van der Waals surface area contributed by atoms with Crippen LogP contribution in [0.5, 0.6) is 0 Å². The first kappa shape index (κ1) is 22.7. The normalized spacial score (nSPS) is 21.1. The monoisotopic (exact) mass is 446 g/mol. The average Bonchev–Trinajstić information content (AvgIpc) is 3.03. The molecule has 10 heteroatoms. The maximum absolute atomic E-state index is 13.1. The smallest absolute Gasteiger partial charge is 0.414 e. The van der Waals surface area contributed by atoms with E-state index in [0.717, 1.165) is 23.3 Å². The van der Waals surface area contributed by atoms with Gasteiger partial charge in [0.1, 0.15) is 11.5 Å². The summed E-state index contributed by atoms with van der Waals surface area (Å²) in [5.74, 6) is -0.579.